The Hall–Kier alpha value is -1.39. The molecule has 1 heterocycles. The summed E-state index contributed by atoms with van der Waals surface area (Å²) in [4.78, 5) is 0. The van der Waals surface area contributed by atoms with Crippen molar-refractivity contribution in [3.63, 3.8) is 0 Å². The molecule has 1 N–H and O–H groups in total. The summed E-state index contributed by atoms with van der Waals surface area (Å²) >= 11 is 5.94. The van der Waals surface area contributed by atoms with Crippen LogP contribution in [0, 0.1) is 0 Å². The van der Waals surface area contributed by atoms with Crippen LogP contribution in [0.3, 0.4) is 0 Å². The highest BCUT2D eigenvalue weighted by Gasteiger charge is 2.14. The Kier molecular flexibility index (Phi) is 4.22. The van der Waals surface area contributed by atoms with E-state index in [2.05, 4.69) is 36.4 Å². The van der Waals surface area contributed by atoms with Gasteiger partial charge in [0.05, 0.1) is 17.4 Å². The number of rotatable bonds is 4. The third-order valence-corrected chi connectivity index (χ3v) is 2.99. The smallest absolute Gasteiger partial charge is 0.0965 e. The van der Waals surface area contributed by atoms with Crippen LogP contribution in [0.1, 0.15) is 32.0 Å². The Morgan fingerprint density at radius 3 is 2.68 bits per heavy atom. The maximum atomic E-state index is 5.94. The molecule has 0 unspecified atom stereocenters. The Balaban J connectivity index is 1.88. The molecule has 0 aliphatic heterocycles. The molecule has 1 aromatic carbocycles. The lowest BCUT2D eigenvalue weighted by atomic mass is 10.1. The molecule has 2 rings (SSSR count). The van der Waals surface area contributed by atoms with E-state index in [9.17, 15) is 0 Å². The lowest BCUT2D eigenvalue weighted by Crippen LogP contribution is -2.22. The van der Waals surface area contributed by atoms with E-state index in [0.29, 0.717) is 6.54 Å². The molecule has 0 atom stereocenters. The fourth-order valence-electron chi connectivity index (χ4n) is 1.69. The Bertz CT molecular complexity index is 542. The summed E-state index contributed by atoms with van der Waals surface area (Å²) in [5, 5.41) is 12.4. The van der Waals surface area contributed by atoms with Crippen molar-refractivity contribution in [1.29, 1.82) is 0 Å². The van der Waals surface area contributed by atoms with E-state index in [1.165, 1.54) is 0 Å². The van der Waals surface area contributed by atoms with E-state index >= 15 is 0 Å². The molecule has 0 fully saturated rings. The van der Waals surface area contributed by atoms with E-state index in [1.807, 2.05) is 35.1 Å². The Morgan fingerprint density at radius 2 is 2.05 bits per heavy atom. The molecule has 0 saturated heterocycles. The Labute approximate surface area is 118 Å². The van der Waals surface area contributed by atoms with Gasteiger partial charge < -0.3 is 5.32 Å². The fraction of sp³-hybridized carbons (Fsp3) is 0.429. The molecule has 0 bridgehead atoms. The molecular formula is C14H19ClN4. The lowest BCUT2D eigenvalue weighted by Gasteiger charge is -2.17. The van der Waals surface area contributed by atoms with Crippen molar-refractivity contribution in [2.75, 3.05) is 0 Å². The molecule has 0 amide bonds. The summed E-state index contributed by atoms with van der Waals surface area (Å²) < 4.78 is 1.88. The van der Waals surface area contributed by atoms with Crippen molar-refractivity contribution < 1.29 is 0 Å². The zero-order valence-electron chi connectivity index (χ0n) is 11.5. The van der Waals surface area contributed by atoms with Crippen LogP contribution in [0.25, 0.3) is 0 Å². The summed E-state index contributed by atoms with van der Waals surface area (Å²) in [6.45, 7) is 7.77. The maximum Gasteiger partial charge on any atom is 0.0965 e. The summed E-state index contributed by atoms with van der Waals surface area (Å²) in [6, 6.07) is 7.83. The average Bonchev–Trinajstić information content (AvgIpc) is 2.77. The van der Waals surface area contributed by atoms with Gasteiger partial charge in [-0.2, -0.15) is 0 Å². The number of hydrogen-bond donors (Lipinski definition) is 1. The van der Waals surface area contributed by atoms with Gasteiger partial charge in [-0.25, -0.2) is 4.68 Å². The first-order valence-electron chi connectivity index (χ1n) is 6.32. The summed E-state index contributed by atoms with van der Waals surface area (Å²) in [6.07, 6.45) is 1.98. The van der Waals surface area contributed by atoms with E-state index in [4.69, 9.17) is 11.6 Å². The molecule has 5 heteroatoms. The molecular weight excluding hydrogens is 260 g/mol. The molecule has 2 aromatic rings. The summed E-state index contributed by atoms with van der Waals surface area (Å²) in [5.74, 6) is 0. The number of hydrogen-bond acceptors (Lipinski definition) is 3. The van der Waals surface area contributed by atoms with Crippen molar-refractivity contribution in [2.24, 2.45) is 0 Å². The topological polar surface area (TPSA) is 42.7 Å². The van der Waals surface area contributed by atoms with Crippen LogP contribution in [-0.4, -0.2) is 15.0 Å². The van der Waals surface area contributed by atoms with E-state index in [1.54, 1.807) is 0 Å². The SMILES string of the molecule is CC(C)(C)n1cc(CNCc2cccc(Cl)c2)nn1. The van der Waals surface area contributed by atoms with Crippen LogP contribution in [0.2, 0.25) is 5.02 Å². The monoisotopic (exact) mass is 278 g/mol. The Morgan fingerprint density at radius 1 is 1.26 bits per heavy atom. The molecule has 0 radical (unpaired) electrons. The highest BCUT2D eigenvalue weighted by atomic mass is 35.5. The third-order valence-electron chi connectivity index (χ3n) is 2.75. The first kappa shape index (κ1) is 14.0. The van der Waals surface area contributed by atoms with Gasteiger partial charge in [-0.1, -0.05) is 28.9 Å². The van der Waals surface area contributed by atoms with Crippen LogP contribution in [0.4, 0.5) is 0 Å². The molecule has 1 aromatic heterocycles. The predicted octanol–water partition coefficient (Wildman–Crippen LogP) is 2.98. The van der Waals surface area contributed by atoms with Gasteiger partial charge in [0.1, 0.15) is 0 Å². The quantitative estimate of drug-likeness (QED) is 0.935. The van der Waals surface area contributed by atoms with Crippen LogP contribution < -0.4 is 5.32 Å². The zero-order chi connectivity index (χ0) is 13.9. The van der Waals surface area contributed by atoms with Crippen molar-refractivity contribution >= 4 is 11.6 Å². The van der Waals surface area contributed by atoms with Gasteiger partial charge in [0.15, 0.2) is 0 Å². The number of benzene rings is 1. The van der Waals surface area contributed by atoms with Crippen molar-refractivity contribution in [3.05, 3.63) is 46.7 Å². The minimum absolute atomic E-state index is 0.0296. The lowest BCUT2D eigenvalue weighted by molar-refractivity contribution is 0.347. The number of aromatic nitrogens is 3. The second kappa shape index (κ2) is 5.72. The highest BCUT2D eigenvalue weighted by molar-refractivity contribution is 6.30. The van der Waals surface area contributed by atoms with Crippen LogP contribution in [0.15, 0.2) is 30.5 Å². The molecule has 0 spiro atoms. The second-order valence-corrected chi connectivity index (χ2v) is 6.00. The molecule has 19 heavy (non-hydrogen) atoms. The molecule has 0 aliphatic rings. The van der Waals surface area contributed by atoms with E-state index < -0.39 is 0 Å². The number of halogens is 1. The maximum absolute atomic E-state index is 5.94. The molecule has 102 valence electrons. The van der Waals surface area contributed by atoms with Gasteiger partial charge in [0, 0.05) is 18.1 Å². The minimum atomic E-state index is -0.0296. The van der Waals surface area contributed by atoms with Gasteiger partial charge in [-0.15, -0.1) is 5.10 Å². The van der Waals surface area contributed by atoms with Crippen LogP contribution in [-0.2, 0) is 18.6 Å². The van der Waals surface area contributed by atoms with Crippen LogP contribution in [0.5, 0.6) is 0 Å². The highest BCUT2D eigenvalue weighted by Crippen LogP contribution is 2.12. The normalized spacial score (nSPS) is 11.8. The molecule has 4 nitrogen and oxygen atoms in total. The van der Waals surface area contributed by atoms with Gasteiger partial charge in [-0.05, 0) is 38.5 Å². The number of nitrogens with zero attached hydrogens (tertiary/aromatic N) is 3. The average molecular weight is 279 g/mol. The first-order chi connectivity index (χ1) is 8.95. The zero-order valence-corrected chi connectivity index (χ0v) is 12.3. The third kappa shape index (κ3) is 4.04. The standard InChI is InChI=1S/C14H19ClN4/c1-14(2,3)19-10-13(17-18-19)9-16-8-11-5-4-6-12(15)7-11/h4-7,10,16H,8-9H2,1-3H3. The van der Waals surface area contributed by atoms with Gasteiger partial charge >= 0.3 is 0 Å². The van der Waals surface area contributed by atoms with Crippen molar-refractivity contribution in [2.45, 2.75) is 39.4 Å². The fourth-order valence-corrected chi connectivity index (χ4v) is 1.90. The predicted molar refractivity (Wildman–Crippen MR) is 77.0 cm³/mol. The largest absolute Gasteiger partial charge is 0.307 e. The second-order valence-electron chi connectivity index (χ2n) is 5.56. The minimum Gasteiger partial charge on any atom is -0.307 e. The van der Waals surface area contributed by atoms with Crippen molar-refractivity contribution in [1.82, 2.24) is 20.3 Å². The van der Waals surface area contributed by atoms with E-state index in [0.717, 1.165) is 22.8 Å². The van der Waals surface area contributed by atoms with E-state index in [-0.39, 0.29) is 5.54 Å². The number of nitrogens with one attached hydrogen (secondary N) is 1. The molecule has 0 saturated carbocycles. The van der Waals surface area contributed by atoms with Crippen molar-refractivity contribution in [3.8, 4) is 0 Å². The summed E-state index contributed by atoms with van der Waals surface area (Å²) in [5.41, 5.74) is 2.07. The van der Waals surface area contributed by atoms with Gasteiger partial charge in [-0.3, -0.25) is 0 Å². The summed E-state index contributed by atoms with van der Waals surface area (Å²) in [7, 11) is 0. The first-order valence-corrected chi connectivity index (χ1v) is 6.70. The van der Waals surface area contributed by atoms with Crippen LogP contribution >= 0.6 is 11.6 Å². The van der Waals surface area contributed by atoms with Gasteiger partial charge in [0.25, 0.3) is 0 Å². The van der Waals surface area contributed by atoms with Gasteiger partial charge in [0.2, 0.25) is 0 Å². The molecule has 0 aliphatic carbocycles.